The van der Waals surface area contributed by atoms with Crippen LogP contribution < -0.4 is 5.73 Å². The first kappa shape index (κ1) is 23.7. The highest BCUT2D eigenvalue weighted by Gasteiger charge is 2.12. The van der Waals surface area contributed by atoms with E-state index in [0.717, 1.165) is 28.2 Å². The van der Waals surface area contributed by atoms with Crippen LogP contribution in [0.1, 0.15) is 31.4 Å². The van der Waals surface area contributed by atoms with Gasteiger partial charge in [-0.1, -0.05) is 62.4 Å². The van der Waals surface area contributed by atoms with Crippen molar-refractivity contribution < 1.29 is 19.1 Å². The van der Waals surface area contributed by atoms with Crippen LogP contribution in [0.5, 0.6) is 0 Å². The van der Waals surface area contributed by atoms with E-state index in [1.165, 1.54) is 0 Å². The number of hydrogen-bond donors (Lipinski definition) is 2. The molecule has 0 saturated heterocycles. The Morgan fingerprint density at radius 1 is 1.03 bits per heavy atom. The van der Waals surface area contributed by atoms with E-state index in [1.54, 1.807) is 26.0 Å². The average Bonchev–Trinajstić information content (AvgIpc) is 3.19. The largest absolute Gasteiger partial charge is 0.428 e. The maximum atomic E-state index is 11.9. The summed E-state index contributed by atoms with van der Waals surface area (Å²) in [5, 5.41) is 7.51. The first-order valence-electron chi connectivity index (χ1n) is 10.6. The fraction of sp³-hybridized carbons (Fsp3) is 0.280. The molecular formula is C25H28N4O4. The molecule has 33 heavy (non-hydrogen) atoms. The van der Waals surface area contributed by atoms with E-state index in [0.29, 0.717) is 12.0 Å². The molecule has 0 atom stereocenters. The molecule has 0 aliphatic carbocycles. The Hall–Kier alpha value is -3.94. The van der Waals surface area contributed by atoms with Crippen LogP contribution in [-0.2, 0) is 32.5 Å². The standard InChI is InChI=1S/C25H28N4O4/c1-16(2)25(31)33-15-32-22(30)13-6-17-4-7-20(8-5-17)24-28-21(14-29(24)3)18-9-11-19(12-10-18)23(26)27/h4-5,7-12,14,16H,6,13,15H2,1-3H3,(H3,26,27). The maximum Gasteiger partial charge on any atom is 0.311 e. The lowest BCUT2D eigenvalue weighted by Gasteiger charge is -2.08. The molecule has 0 fully saturated rings. The van der Waals surface area contributed by atoms with Crippen LogP contribution in [0.4, 0.5) is 0 Å². The Bertz CT molecular complexity index is 1130. The molecule has 1 aromatic heterocycles. The molecular weight excluding hydrogens is 420 g/mol. The van der Waals surface area contributed by atoms with E-state index in [1.807, 2.05) is 54.2 Å². The van der Waals surface area contributed by atoms with Crippen molar-refractivity contribution in [3.63, 3.8) is 0 Å². The molecule has 3 rings (SSSR count). The second kappa shape index (κ2) is 10.6. The van der Waals surface area contributed by atoms with E-state index in [9.17, 15) is 9.59 Å². The zero-order valence-corrected chi connectivity index (χ0v) is 19.0. The van der Waals surface area contributed by atoms with Gasteiger partial charge in [0.2, 0.25) is 6.79 Å². The number of benzene rings is 2. The number of nitrogens with one attached hydrogen (secondary N) is 1. The van der Waals surface area contributed by atoms with Gasteiger partial charge in [0.1, 0.15) is 11.7 Å². The number of hydrogen-bond acceptors (Lipinski definition) is 6. The summed E-state index contributed by atoms with van der Waals surface area (Å²) in [6.45, 7) is 3.08. The van der Waals surface area contributed by atoms with Gasteiger partial charge in [-0.15, -0.1) is 0 Å². The SMILES string of the molecule is CC(C)C(=O)OCOC(=O)CCc1ccc(-c2nc(-c3ccc(C(=N)N)cc3)cn2C)cc1. The van der Waals surface area contributed by atoms with Crippen LogP contribution in [0.25, 0.3) is 22.6 Å². The van der Waals surface area contributed by atoms with Crippen LogP contribution >= 0.6 is 0 Å². The second-order valence-electron chi connectivity index (χ2n) is 8.00. The van der Waals surface area contributed by atoms with E-state index in [2.05, 4.69) is 0 Å². The first-order chi connectivity index (χ1) is 15.7. The van der Waals surface area contributed by atoms with Gasteiger partial charge in [0, 0.05) is 36.4 Å². The third-order valence-electron chi connectivity index (χ3n) is 5.09. The Kier molecular flexibility index (Phi) is 7.61. The van der Waals surface area contributed by atoms with Gasteiger partial charge >= 0.3 is 11.9 Å². The summed E-state index contributed by atoms with van der Waals surface area (Å²) in [6, 6.07) is 15.3. The summed E-state index contributed by atoms with van der Waals surface area (Å²) in [5.74, 6) is -0.224. The predicted octanol–water partition coefficient (Wildman–Crippen LogP) is 3.67. The molecule has 172 valence electrons. The quantitative estimate of drug-likeness (QED) is 0.223. The van der Waals surface area contributed by atoms with Crippen LogP contribution in [0.2, 0.25) is 0 Å². The molecule has 0 aliphatic rings. The number of aromatic nitrogens is 2. The van der Waals surface area contributed by atoms with Crippen molar-refractivity contribution in [1.82, 2.24) is 9.55 Å². The molecule has 3 N–H and O–H groups in total. The van der Waals surface area contributed by atoms with E-state index >= 15 is 0 Å². The molecule has 0 radical (unpaired) electrons. The molecule has 0 bridgehead atoms. The molecule has 8 nitrogen and oxygen atoms in total. The normalized spacial score (nSPS) is 10.8. The van der Waals surface area contributed by atoms with Crippen LogP contribution in [-0.4, -0.2) is 34.1 Å². The fourth-order valence-corrected chi connectivity index (χ4v) is 3.15. The number of aryl methyl sites for hydroxylation is 2. The van der Waals surface area contributed by atoms with Gasteiger partial charge < -0.3 is 19.8 Å². The number of ether oxygens (including phenoxy) is 2. The first-order valence-corrected chi connectivity index (χ1v) is 10.6. The predicted molar refractivity (Wildman–Crippen MR) is 125 cm³/mol. The van der Waals surface area contributed by atoms with Gasteiger partial charge in [-0.2, -0.15) is 0 Å². The van der Waals surface area contributed by atoms with Gasteiger partial charge in [-0.05, 0) is 12.0 Å². The average molecular weight is 449 g/mol. The fourth-order valence-electron chi connectivity index (χ4n) is 3.15. The molecule has 8 heteroatoms. The van der Waals surface area contributed by atoms with E-state index in [4.69, 9.17) is 25.6 Å². The summed E-state index contributed by atoms with van der Waals surface area (Å²) in [5.41, 5.74) is 9.90. The lowest BCUT2D eigenvalue weighted by atomic mass is 10.1. The van der Waals surface area contributed by atoms with Crippen molar-refractivity contribution in [1.29, 1.82) is 5.41 Å². The van der Waals surface area contributed by atoms with Crippen molar-refractivity contribution >= 4 is 17.8 Å². The molecule has 3 aromatic rings. The molecule has 0 aliphatic heterocycles. The summed E-state index contributed by atoms with van der Waals surface area (Å²) >= 11 is 0. The van der Waals surface area contributed by atoms with Crippen LogP contribution in [0.15, 0.2) is 54.7 Å². The number of carbonyl (C=O) groups is 2. The van der Waals surface area contributed by atoms with Gasteiger partial charge in [0.25, 0.3) is 0 Å². The van der Waals surface area contributed by atoms with Crippen molar-refractivity contribution in [2.75, 3.05) is 6.79 Å². The number of rotatable bonds is 9. The number of nitrogen functional groups attached to an aromatic ring is 1. The third-order valence-corrected chi connectivity index (χ3v) is 5.09. The summed E-state index contributed by atoms with van der Waals surface area (Å²) < 4.78 is 11.7. The summed E-state index contributed by atoms with van der Waals surface area (Å²) in [4.78, 5) is 28.0. The van der Waals surface area contributed by atoms with E-state index in [-0.39, 0.29) is 25.0 Å². The Morgan fingerprint density at radius 2 is 1.67 bits per heavy atom. The molecule has 2 aromatic carbocycles. The highest BCUT2D eigenvalue weighted by atomic mass is 16.7. The highest BCUT2D eigenvalue weighted by molar-refractivity contribution is 5.95. The topological polar surface area (TPSA) is 120 Å². The molecule has 0 amide bonds. The monoisotopic (exact) mass is 448 g/mol. The van der Waals surface area contributed by atoms with Gasteiger partial charge in [0.15, 0.2) is 0 Å². The molecule has 0 spiro atoms. The van der Waals surface area contributed by atoms with Gasteiger partial charge in [-0.3, -0.25) is 15.0 Å². The molecule has 0 saturated carbocycles. The Morgan fingerprint density at radius 3 is 2.27 bits per heavy atom. The van der Waals surface area contributed by atoms with Crippen molar-refractivity contribution in [2.24, 2.45) is 18.7 Å². The van der Waals surface area contributed by atoms with Crippen LogP contribution in [0, 0.1) is 11.3 Å². The highest BCUT2D eigenvalue weighted by Crippen LogP contribution is 2.25. The van der Waals surface area contributed by atoms with Gasteiger partial charge in [-0.25, -0.2) is 4.98 Å². The molecule has 1 heterocycles. The Labute approximate surface area is 192 Å². The molecule has 0 unspecified atom stereocenters. The number of amidine groups is 1. The minimum Gasteiger partial charge on any atom is -0.428 e. The van der Waals surface area contributed by atoms with E-state index < -0.39 is 11.9 Å². The maximum absolute atomic E-state index is 11.9. The number of esters is 2. The second-order valence-corrected chi connectivity index (χ2v) is 8.00. The summed E-state index contributed by atoms with van der Waals surface area (Å²) in [7, 11) is 1.94. The smallest absolute Gasteiger partial charge is 0.311 e. The number of nitrogens with zero attached hydrogens (tertiary/aromatic N) is 2. The minimum atomic E-state index is -0.417. The Balaban J connectivity index is 1.58. The number of imidazole rings is 1. The van der Waals surface area contributed by atoms with Crippen molar-refractivity contribution in [3.05, 3.63) is 65.9 Å². The number of nitrogens with two attached hydrogens (primary N) is 1. The third kappa shape index (κ3) is 6.29. The lowest BCUT2D eigenvalue weighted by molar-refractivity contribution is -0.169. The summed E-state index contributed by atoms with van der Waals surface area (Å²) in [6.07, 6.45) is 2.67. The minimum absolute atomic E-state index is 0.0335. The van der Waals surface area contributed by atoms with Crippen LogP contribution in [0.3, 0.4) is 0 Å². The van der Waals surface area contributed by atoms with Gasteiger partial charge in [0.05, 0.1) is 11.6 Å². The number of carbonyl (C=O) groups excluding carboxylic acids is 2. The lowest BCUT2D eigenvalue weighted by Crippen LogP contribution is -2.16. The van der Waals surface area contributed by atoms with Crippen molar-refractivity contribution in [3.8, 4) is 22.6 Å². The van der Waals surface area contributed by atoms with Crippen molar-refractivity contribution in [2.45, 2.75) is 26.7 Å². The zero-order valence-electron chi connectivity index (χ0n) is 19.0. The zero-order chi connectivity index (χ0) is 24.0.